The van der Waals surface area contributed by atoms with E-state index in [1.165, 1.54) is 0 Å². The van der Waals surface area contributed by atoms with Crippen LogP contribution in [0.4, 0.5) is 11.5 Å². The van der Waals surface area contributed by atoms with Crippen LogP contribution in [0, 0.1) is 0 Å². The molecular formula is C33H26ClN9O2. The summed E-state index contributed by atoms with van der Waals surface area (Å²) in [5, 5.41) is 9.94. The Morgan fingerprint density at radius 1 is 1.00 bits per heavy atom. The van der Waals surface area contributed by atoms with Crippen LogP contribution < -0.4 is 16.4 Å². The average molecular weight is 616 g/mol. The van der Waals surface area contributed by atoms with Gasteiger partial charge in [-0.15, -0.1) is 0 Å². The van der Waals surface area contributed by atoms with E-state index in [1.807, 2.05) is 53.2 Å². The fourth-order valence-electron chi connectivity index (χ4n) is 5.62. The SMILES string of the molecule is C=C(Cl)C(=O)Nc1ccccc1C(=O)NC1CCc2cc(-n3c(-c4cccnc4N)nc4ccc(-n5cccn5)nc43)ccc21. The molecule has 0 saturated carbocycles. The summed E-state index contributed by atoms with van der Waals surface area (Å²) >= 11 is 5.74. The molecule has 1 aliphatic rings. The molecule has 11 nitrogen and oxygen atoms in total. The molecule has 4 heterocycles. The van der Waals surface area contributed by atoms with Gasteiger partial charge in [-0.3, -0.25) is 14.2 Å². The summed E-state index contributed by atoms with van der Waals surface area (Å²) in [5.74, 6) is 0.744. The number of fused-ring (bicyclic) bond motifs is 2. The zero-order valence-corrected chi connectivity index (χ0v) is 24.6. The Morgan fingerprint density at radius 2 is 1.87 bits per heavy atom. The Hall–Kier alpha value is -5.81. The van der Waals surface area contributed by atoms with E-state index < -0.39 is 5.91 Å². The standard InChI is InChI=1S/C33H26ClN9O2/c1-19(34)32(44)39-25-8-3-2-6-23(25)33(45)40-26-12-9-20-18-21(10-11-22(20)26)43-30(24-7-4-15-36-29(24)35)38-27-13-14-28(41-31(27)43)42-17-5-16-37-42/h2-8,10-11,13-18,26H,1,9,12H2,(H2,35,36)(H,39,44)(H,40,45). The third-order valence-corrected chi connectivity index (χ3v) is 7.91. The molecule has 7 rings (SSSR count). The smallest absolute Gasteiger partial charge is 0.266 e. The molecule has 0 radical (unpaired) electrons. The Balaban J connectivity index is 1.25. The summed E-state index contributed by atoms with van der Waals surface area (Å²) in [4.78, 5) is 39.6. The minimum Gasteiger partial charge on any atom is -0.383 e. The van der Waals surface area contributed by atoms with E-state index in [2.05, 4.69) is 33.4 Å². The highest BCUT2D eigenvalue weighted by molar-refractivity contribution is 6.43. The number of carbonyl (C=O) groups is 2. The van der Waals surface area contributed by atoms with E-state index in [1.54, 1.807) is 41.3 Å². The number of nitrogens with zero attached hydrogens (tertiary/aromatic N) is 6. The molecule has 0 spiro atoms. The number of rotatable bonds is 7. The number of nitrogens with two attached hydrogens (primary N) is 1. The first-order chi connectivity index (χ1) is 21.9. The lowest BCUT2D eigenvalue weighted by Gasteiger charge is -2.17. The van der Waals surface area contributed by atoms with Crippen LogP contribution in [-0.2, 0) is 11.2 Å². The van der Waals surface area contributed by atoms with E-state index in [9.17, 15) is 9.59 Å². The molecule has 6 aromatic rings. The molecule has 0 bridgehead atoms. The topological polar surface area (TPSA) is 146 Å². The van der Waals surface area contributed by atoms with Gasteiger partial charge in [-0.2, -0.15) is 5.10 Å². The number of para-hydroxylation sites is 1. The number of carbonyl (C=O) groups excluding carboxylic acids is 2. The summed E-state index contributed by atoms with van der Waals surface area (Å²) in [6.45, 7) is 3.45. The zero-order chi connectivity index (χ0) is 31.1. The van der Waals surface area contributed by atoms with Gasteiger partial charge >= 0.3 is 0 Å². The van der Waals surface area contributed by atoms with Crippen LogP contribution in [0.25, 0.3) is 34.1 Å². The van der Waals surface area contributed by atoms with Crippen molar-refractivity contribution >= 4 is 46.1 Å². The van der Waals surface area contributed by atoms with Crippen LogP contribution in [0.2, 0.25) is 0 Å². The first kappa shape index (κ1) is 28.0. The van der Waals surface area contributed by atoms with Crippen molar-refractivity contribution in [3.05, 3.63) is 120 Å². The number of hydrogen-bond acceptors (Lipinski definition) is 7. The number of pyridine rings is 2. The largest absolute Gasteiger partial charge is 0.383 e. The first-order valence-electron chi connectivity index (χ1n) is 14.2. The number of hydrogen-bond donors (Lipinski definition) is 3. The van der Waals surface area contributed by atoms with Gasteiger partial charge in [-0.25, -0.2) is 19.6 Å². The van der Waals surface area contributed by atoms with E-state index in [4.69, 9.17) is 27.3 Å². The lowest BCUT2D eigenvalue weighted by molar-refractivity contribution is -0.112. The van der Waals surface area contributed by atoms with Crippen molar-refractivity contribution in [3.8, 4) is 22.9 Å². The summed E-state index contributed by atoms with van der Waals surface area (Å²) in [7, 11) is 0. The van der Waals surface area contributed by atoms with Crippen LogP contribution in [0.1, 0.15) is 33.9 Å². The normalized spacial score (nSPS) is 13.8. The fourth-order valence-corrected chi connectivity index (χ4v) is 5.67. The van der Waals surface area contributed by atoms with Crippen LogP contribution in [-0.4, -0.2) is 41.1 Å². The molecule has 222 valence electrons. The van der Waals surface area contributed by atoms with Gasteiger partial charge in [-0.05, 0) is 78.6 Å². The van der Waals surface area contributed by atoms with Crippen molar-refractivity contribution in [1.82, 2.24) is 34.6 Å². The molecule has 1 unspecified atom stereocenters. The number of imidazole rings is 1. The second kappa shape index (κ2) is 11.4. The highest BCUT2D eigenvalue weighted by Crippen LogP contribution is 2.36. The monoisotopic (exact) mass is 615 g/mol. The lowest BCUT2D eigenvalue weighted by atomic mass is 10.1. The molecule has 0 aliphatic heterocycles. The summed E-state index contributed by atoms with van der Waals surface area (Å²) < 4.78 is 3.67. The minimum atomic E-state index is -0.568. The molecular weight excluding hydrogens is 590 g/mol. The number of aromatic nitrogens is 6. The van der Waals surface area contributed by atoms with Gasteiger partial charge in [-0.1, -0.05) is 36.4 Å². The predicted molar refractivity (Wildman–Crippen MR) is 172 cm³/mol. The number of benzene rings is 2. The fraction of sp³-hybridized carbons (Fsp3) is 0.0909. The Labute approximate surface area is 262 Å². The van der Waals surface area contributed by atoms with Gasteiger partial charge in [0, 0.05) is 24.3 Å². The third-order valence-electron chi connectivity index (χ3n) is 7.74. The summed E-state index contributed by atoms with van der Waals surface area (Å²) in [6, 6.07) is 22.0. The Morgan fingerprint density at radius 3 is 2.67 bits per heavy atom. The van der Waals surface area contributed by atoms with Crippen molar-refractivity contribution in [2.75, 3.05) is 11.1 Å². The van der Waals surface area contributed by atoms with Crippen molar-refractivity contribution in [1.29, 1.82) is 0 Å². The molecule has 1 atom stereocenters. The van der Waals surface area contributed by atoms with Crippen LogP contribution in [0.3, 0.4) is 0 Å². The second-order valence-corrected chi connectivity index (χ2v) is 11.0. The van der Waals surface area contributed by atoms with E-state index >= 15 is 0 Å². The first-order valence-corrected chi connectivity index (χ1v) is 14.5. The maximum atomic E-state index is 13.4. The number of nitrogen functional groups attached to an aromatic ring is 1. The van der Waals surface area contributed by atoms with Crippen molar-refractivity contribution in [2.24, 2.45) is 0 Å². The lowest BCUT2D eigenvalue weighted by Crippen LogP contribution is -2.28. The maximum Gasteiger partial charge on any atom is 0.266 e. The minimum absolute atomic E-state index is 0.168. The van der Waals surface area contributed by atoms with E-state index in [0.29, 0.717) is 51.9 Å². The number of nitrogens with one attached hydrogen (secondary N) is 2. The average Bonchev–Trinajstić information content (AvgIpc) is 3.80. The highest BCUT2D eigenvalue weighted by Gasteiger charge is 2.27. The quantitative estimate of drug-likeness (QED) is 0.205. The van der Waals surface area contributed by atoms with Gasteiger partial charge in [0.2, 0.25) is 0 Å². The zero-order valence-electron chi connectivity index (χ0n) is 23.8. The molecule has 4 aromatic heterocycles. The van der Waals surface area contributed by atoms with Gasteiger partial charge in [0.1, 0.15) is 11.3 Å². The van der Waals surface area contributed by atoms with E-state index in [0.717, 1.165) is 23.2 Å². The predicted octanol–water partition coefficient (Wildman–Crippen LogP) is 5.36. The number of aryl methyl sites for hydroxylation is 1. The highest BCUT2D eigenvalue weighted by atomic mass is 35.5. The molecule has 12 heteroatoms. The number of amides is 2. The second-order valence-electron chi connectivity index (χ2n) is 10.5. The Bertz CT molecular complexity index is 2120. The van der Waals surface area contributed by atoms with Crippen LogP contribution in [0.15, 0.2) is 103 Å². The summed E-state index contributed by atoms with van der Waals surface area (Å²) in [5.41, 5.74) is 12.0. The molecule has 45 heavy (non-hydrogen) atoms. The number of halogens is 1. The van der Waals surface area contributed by atoms with Gasteiger partial charge in [0.05, 0.1) is 27.9 Å². The van der Waals surface area contributed by atoms with Crippen molar-refractivity contribution < 1.29 is 9.59 Å². The van der Waals surface area contributed by atoms with Crippen LogP contribution >= 0.6 is 11.6 Å². The molecule has 2 amide bonds. The summed E-state index contributed by atoms with van der Waals surface area (Å²) in [6.07, 6.45) is 6.64. The molecule has 4 N–H and O–H groups in total. The molecule has 2 aromatic carbocycles. The van der Waals surface area contributed by atoms with Gasteiger partial charge in [0.15, 0.2) is 17.3 Å². The maximum absolute atomic E-state index is 13.4. The third kappa shape index (κ3) is 5.19. The Kier molecular flexibility index (Phi) is 7.07. The number of anilines is 2. The van der Waals surface area contributed by atoms with Crippen LogP contribution in [0.5, 0.6) is 0 Å². The van der Waals surface area contributed by atoms with E-state index in [-0.39, 0.29) is 17.0 Å². The van der Waals surface area contributed by atoms with Crippen molar-refractivity contribution in [3.63, 3.8) is 0 Å². The van der Waals surface area contributed by atoms with Gasteiger partial charge in [0.25, 0.3) is 11.8 Å². The molecule has 0 fully saturated rings. The molecule has 1 aliphatic carbocycles. The van der Waals surface area contributed by atoms with Crippen molar-refractivity contribution in [2.45, 2.75) is 18.9 Å². The van der Waals surface area contributed by atoms with Gasteiger partial charge < -0.3 is 16.4 Å². The molecule has 0 saturated heterocycles.